The van der Waals surface area contributed by atoms with Crippen molar-refractivity contribution in [2.45, 2.75) is 40.5 Å². The van der Waals surface area contributed by atoms with E-state index in [4.69, 9.17) is 10.5 Å². The molecule has 0 aliphatic heterocycles. The molecular formula is C16H25NO3. The fraction of sp³-hybridized carbons (Fsp3) is 0.562. The zero-order valence-corrected chi connectivity index (χ0v) is 12.8. The van der Waals surface area contributed by atoms with Crippen LogP contribution < -0.4 is 5.73 Å². The second-order valence-electron chi connectivity index (χ2n) is 6.57. The molecule has 0 aromatic heterocycles. The first-order valence-corrected chi connectivity index (χ1v) is 6.94. The van der Waals surface area contributed by atoms with Crippen molar-refractivity contribution in [3.8, 4) is 5.75 Å². The first-order chi connectivity index (χ1) is 9.19. The highest BCUT2D eigenvalue weighted by Crippen LogP contribution is 2.26. The molecule has 1 atom stereocenters. The SMILES string of the molecule is C[C@H](CCOC(=O)c1cc(N)ccc1O)CC(C)(C)C. The van der Waals surface area contributed by atoms with E-state index in [0.29, 0.717) is 18.2 Å². The quantitative estimate of drug-likeness (QED) is 0.491. The van der Waals surface area contributed by atoms with Crippen LogP contribution in [0, 0.1) is 11.3 Å². The summed E-state index contributed by atoms with van der Waals surface area (Å²) in [6, 6.07) is 4.36. The van der Waals surface area contributed by atoms with Crippen molar-refractivity contribution in [3.05, 3.63) is 23.8 Å². The number of rotatable bonds is 5. The zero-order valence-electron chi connectivity index (χ0n) is 12.8. The van der Waals surface area contributed by atoms with E-state index < -0.39 is 5.97 Å². The number of carbonyl (C=O) groups excluding carboxylic acids is 1. The lowest BCUT2D eigenvalue weighted by molar-refractivity contribution is 0.0475. The van der Waals surface area contributed by atoms with Crippen molar-refractivity contribution >= 4 is 11.7 Å². The maximum atomic E-state index is 11.8. The van der Waals surface area contributed by atoms with Crippen LogP contribution >= 0.6 is 0 Å². The first-order valence-electron chi connectivity index (χ1n) is 6.94. The van der Waals surface area contributed by atoms with Crippen LogP contribution in [-0.4, -0.2) is 17.7 Å². The van der Waals surface area contributed by atoms with E-state index >= 15 is 0 Å². The number of anilines is 1. The van der Waals surface area contributed by atoms with E-state index in [-0.39, 0.29) is 16.7 Å². The fourth-order valence-electron chi connectivity index (χ4n) is 2.30. The van der Waals surface area contributed by atoms with Crippen LogP contribution in [0.5, 0.6) is 5.75 Å². The standard InChI is InChI=1S/C16H25NO3/c1-11(10-16(2,3)4)7-8-20-15(19)13-9-12(17)5-6-14(13)18/h5-6,9,11,18H,7-8,10,17H2,1-4H3/t11-/m1/s1. The maximum Gasteiger partial charge on any atom is 0.341 e. The van der Waals surface area contributed by atoms with Crippen LogP contribution in [0.4, 0.5) is 5.69 Å². The number of esters is 1. The minimum atomic E-state index is -0.530. The van der Waals surface area contributed by atoms with Crippen molar-refractivity contribution in [3.63, 3.8) is 0 Å². The lowest BCUT2D eigenvalue weighted by atomic mass is 9.84. The van der Waals surface area contributed by atoms with Gasteiger partial charge < -0.3 is 15.6 Å². The number of hydrogen-bond acceptors (Lipinski definition) is 4. The van der Waals surface area contributed by atoms with E-state index in [9.17, 15) is 9.90 Å². The Morgan fingerprint density at radius 3 is 2.65 bits per heavy atom. The molecule has 1 aromatic rings. The summed E-state index contributed by atoms with van der Waals surface area (Å²) in [5, 5.41) is 9.61. The third-order valence-corrected chi connectivity index (χ3v) is 3.05. The van der Waals surface area contributed by atoms with Crippen molar-refractivity contribution < 1.29 is 14.6 Å². The Labute approximate surface area is 120 Å². The summed E-state index contributed by atoms with van der Waals surface area (Å²) in [6.45, 7) is 9.09. The van der Waals surface area contributed by atoms with Gasteiger partial charge in [0.15, 0.2) is 0 Å². The van der Waals surface area contributed by atoms with Gasteiger partial charge in [0, 0.05) is 5.69 Å². The van der Waals surface area contributed by atoms with Gasteiger partial charge in [0.1, 0.15) is 11.3 Å². The summed E-state index contributed by atoms with van der Waals surface area (Å²) in [5.74, 6) is -0.151. The minimum Gasteiger partial charge on any atom is -0.507 e. The van der Waals surface area contributed by atoms with Crippen molar-refractivity contribution in [1.29, 1.82) is 0 Å². The van der Waals surface area contributed by atoms with Gasteiger partial charge in [-0.3, -0.25) is 0 Å². The van der Waals surface area contributed by atoms with Crippen molar-refractivity contribution in [2.24, 2.45) is 11.3 Å². The largest absolute Gasteiger partial charge is 0.507 e. The molecule has 0 amide bonds. The highest BCUT2D eigenvalue weighted by Gasteiger charge is 2.17. The van der Waals surface area contributed by atoms with E-state index in [1.807, 2.05) is 0 Å². The number of phenolic OH excluding ortho intramolecular Hbond substituents is 1. The fourth-order valence-corrected chi connectivity index (χ4v) is 2.30. The van der Waals surface area contributed by atoms with Crippen LogP contribution in [-0.2, 0) is 4.74 Å². The number of phenols is 1. The second kappa shape index (κ2) is 6.64. The number of benzene rings is 1. The maximum absolute atomic E-state index is 11.8. The van der Waals surface area contributed by atoms with Gasteiger partial charge in [-0.05, 0) is 42.4 Å². The number of nitrogens with two attached hydrogens (primary N) is 1. The molecule has 3 N–H and O–H groups in total. The molecule has 0 saturated heterocycles. The Hall–Kier alpha value is -1.71. The summed E-state index contributed by atoms with van der Waals surface area (Å²) in [7, 11) is 0. The molecule has 0 heterocycles. The summed E-state index contributed by atoms with van der Waals surface area (Å²) in [5.41, 5.74) is 6.41. The predicted molar refractivity (Wildman–Crippen MR) is 80.7 cm³/mol. The highest BCUT2D eigenvalue weighted by atomic mass is 16.5. The normalized spacial score (nSPS) is 13.0. The molecule has 0 fully saturated rings. The Kier molecular flexibility index (Phi) is 5.43. The van der Waals surface area contributed by atoms with Gasteiger partial charge in [-0.2, -0.15) is 0 Å². The smallest absolute Gasteiger partial charge is 0.341 e. The lowest BCUT2D eigenvalue weighted by Crippen LogP contribution is -2.14. The summed E-state index contributed by atoms with van der Waals surface area (Å²) in [6.07, 6.45) is 1.89. The third kappa shape index (κ3) is 5.51. The van der Waals surface area contributed by atoms with E-state index in [2.05, 4.69) is 27.7 Å². The predicted octanol–water partition coefficient (Wildman–Crippen LogP) is 3.59. The molecule has 1 aromatic carbocycles. The second-order valence-corrected chi connectivity index (χ2v) is 6.57. The average Bonchev–Trinajstić information content (AvgIpc) is 2.29. The topological polar surface area (TPSA) is 72.5 Å². The van der Waals surface area contributed by atoms with Crippen LogP contribution in [0.15, 0.2) is 18.2 Å². The monoisotopic (exact) mass is 279 g/mol. The summed E-state index contributed by atoms with van der Waals surface area (Å²) in [4.78, 5) is 11.8. The molecule has 0 saturated carbocycles. The van der Waals surface area contributed by atoms with Gasteiger partial charge in [-0.25, -0.2) is 4.79 Å². The number of carbonyl (C=O) groups is 1. The number of hydrogen-bond donors (Lipinski definition) is 2. The lowest BCUT2D eigenvalue weighted by Gasteiger charge is -2.23. The molecule has 0 unspecified atom stereocenters. The number of aromatic hydroxyl groups is 1. The van der Waals surface area contributed by atoms with Gasteiger partial charge in [0.2, 0.25) is 0 Å². The van der Waals surface area contributed by atoms with Crippen LogP contribution in [0.1, 0.15) is 50.9 Å². The Morgan fingerprint density at radius 2 is 2.05 bits per heavy atom. The molecule has 4 nitrogen and oxygen atoms in total. The Morgan fingerprint density at radius 1 is 1.40 bits per heavy atom. The highest BCUT2D eigenvalue weighted by molar-refractivity contribution is 5.93. The molecule has 4 heteroatoms. The van der Waals surface area contributed by atoms with Crippen molar-refractivity contribution in [1.82, 2.24) is 0 Å². The number of nitrogen functional groups attached to an aromatic ring is 1. The van der Waals surface area contributed by atoms with Gasteiger partial charge in [-0.1, -0.05) is 27.7 Å². The van der Waals surface area contributed by atoms with Gasteiger partial charge in [-0.15, -0.1) is 0 Å². The zero-order chi connectivity index (χ0) is 15.3. The molecule has 112 valence electrons. The molecule has 0 bridgehead atoms. The van der Waals surface area contributed by atoms with Crippen LogP contribution in [0.3, 0.4) is 0 Å². The first kappa shape index (κ1) is 16.3. The molecule has 0 radical (unpaired) electrons. The van der Waals surface area contributed by atoms with Gasteiger partial charge in [0.05, 0.1) is 6.61 Å². The summed E-state index contributed by atoms with van der Waals surface area (Å²) < 4.78 is 5.19. The van der Waals surface area contributed by atoms with Gasteiger partial charge in [0.25, 0.3) is 0 Å². The van der Waals surface area contributed by atoms with E-state index in [1.54, 1.807) is 0 Å². The molecule has 1 rings (SSSR count). The van der Waals surface area contributed by atoms with Crippen molar-refractivity contribution in [2.75, 3.05) is 12.3 Å². The molecule has 0 spiro atoms. The Balaban J connectivity index is 2.46. The molecule has 0 aliphatic rings. The Bertz CT molecular complexity index is 463. The average molecular weight is 279 g/mol. The third-order valence-electron chi connectivity index (χ3n) is 3.05. The van der Waals surface area contributed by atoms with Crippen LogP contribution in [0.2, 0.25) is 0 Å². The molecule has 0 aliphatic carbocycles. The van der Waals surface area contributed by atoms with E-state index in [0.717, 1.165) is 12.8 Å². The summed E-state index contributed by atoms with van der Waals surface area (Å²) >= 11 is 0. The molecule has 20 heavy (non-hydrogen) atoms. The minimum absolute atomic E-state index is 0.105. The van der Waals surface area contributed by atoms with E-state index in [1.165, 1.54) is 18.2 Å². The molecular weight excluding hydrogens is 254 g/mol. The van der Waals surface area contributed by atoms with Gasteiger partial charge >= 0.3 is 5.97 Å². The number of ether oxygens (including phenoxy) is 1. The van der Waals surface area contributed by atoms with Crippen LogP contribution in [0.25, 0.3) is 0 Å².